The van der Waals surface area contributed by atoms with E-state index in [4.69, 9.17) is 14.2 Å². The van der Waals surface area contributed by atoms with E-state index in [1.807, 2.05) is 10.6 Å². The van der Waals surface area contributed by atoms with E-state index in [9.17, 15) is 14.3 Å². The minimum Gasteiger partial charge on any atom is -0.494 e. The highest BCUT2D eigenvalue weighted by Gasteiger charge is 2.42. The van der Waals surface area contributed by atoms with Gasteiger partial charge in [-0.3, -0.25) is 9.89 Å². The maximum Gasteiger partial charge on any atom is 0.308 e. The number of carbonyl (C=O) groups is 1. The highest BCUT2D eigenvalue weighted by molar-refractivity contribution is 6.00. The molecule has 2 fully saturated rings. The first-order valence-corrected chi connectivity index (χ1v) is 13.3. The van der Waals surface area contributed by atoms with E-state index >= 15 is 4.39 Å². The first-order valence-electron chi connectivity index (χ1n) is 13.3. The molecule has 8 nitrogen and oxygen atoms in total. The van der Waals surface area contributed by atoms with E-state index in [0.717, 1.165) is 5.56 Å². The third-order valence-electron chi connectivity index (χ3n) is 8.47. The molecule has 3 heterocycles. The molecule has 2 aliphatic rings. The lowest BCUT2D eigenvalue weighted by atomic mass is 9.75. The van der Waals surface area contributed by atoms with Crippen LogP contribution in [-0.4, -0.2) is 53.3 Å². The predicted octanol–water partition coefficient (Wildman–Crippen LogP) is 5.24. The fourth-order valence-electron chi connectivity index (χ4n) is 6.47. The Kier molecular flexibility index (Phi) is 6.55. The molecule has 1 saturated heterocycles. The topological polar surface area (TPSA) is 98.6 Å². The second-order valence-corrected chi connectivity index (χ2v) is 10.6. The summed E-state index contributed by atoms with van der Waals surface area (Å²) in [4.78, 5) is 12.2. The molecule has 2 aromatic heterocycles. The number of benzene rings is 2. The van der Waals surface area contributed by atoms with E-state index in [-0.39, 0.29) is 29.1 Å². The lowest BCUT2D eigenvalue weighted by molar-refractivity contribution is -0.146. The molecule has 1 aliphatic carbocycles. The number of aromatic nitrogens is 3. The van der Waals surface area contributed by atoms with Gasteiger partial charge in [0.05, 0.1) is 37.5 Å². The number of H-pyrrole nitrogens is 1. The van der Waals surface area contributed by atoms with Crippen molar-refractivity contribution in [2.24, 2.45) is 5.92 Å². The number of hydrogen-bond acceptors (Lipinski definition) is 6. The smallest absolute Gasteiger partial charge is 0.308 e. The van der Waals surface area contributed by atoms with Crippen molar-refractivity contribution in [2.45, 2.75) is 50.0 Å². The summed E-state index contributed by atoms with van der Waals surface area (Å²) in [5.41, 5.74) is 1.36. The molecule has 39 heavy (non-hydrogen) atoms. The molecule has 2 aromatic carbocycles. The average molecular weight is 540 g/mol. The summed E-state index contributed by atoms with van der Waals surface area (Å²) in [5.74, 6) is -1.48. The summed E-state index contributed by atoms with van der Waals surface area (Å²) in [6.07, 6.45) is 4.68. The molecule has 0 amide bonds. The third-order valence-corrected chi connectivity index (χ3v) is 8.47. The minimum atomic E-state index is -1.31. The van der Waals surface area contributed by atoms with Crippen LogP contribution in [0.5, 0.6) is 5.75 Å². The van der Waals surface area contributed by atoms with Gasteiger partial charge in [0.1, 0.15) is 11.1 Å². The number of fused-ring (bicyclic) bond motifs is 2. The van der Waals surface area contributed by atoms with Gasteiger partial charge in [-0.15, -0.1) is 0 Å². The highest BCUT2D eigenvalue weighted by Crippen LogP contribution is 2.49. The van der Waals surface area contributed by atoms with Gasteiger partial charge in [0.15, 0.2) is 17.4 Å². The van der Waals surface area contributed by atoms with Crippen molar-refractivity contribution in [3.8, 4) is 11.4 Å². The molecule has 0 unspecified atom stereocenters. The molecular weight excluding hydrogens is 508 g/mol. The summed E-state index contributed by atoms with van der Waals surface area (Å²) in [7, 11) is 2.78. The minimum absolute atomic E-state index is 0.0456. The van der Waals surface area contributed by atoms with Crippen molar-refractivity contribution >= 4 is 27.8 Å². The molecule has 6 rings (SSSR count). The van der Waals surface area contributed by atoms with Gasteiger partial charge in [-0.05, 0) is 55.4 Å². The summed E-state index contributed by atoms with van der Waals surface area (Å²) >= 11 is 0. The first-order chi connectivity index (χ1) is 18.9. The lowest BCUT2D eigenvalue weighted by Crippen LogP contribution is -2.37. The Morgan fingerprint density at radius 3 is 2.59 bits per heavy atom. The quantitative estimate of drug-likeness (QED) is 0.337. The number of methoxy groups -OCH3 is 2. The third kappa shape index (κ3) is 4.17. The van der Waals surface area contributed by atoms with Crippen LogP contribution < -0.4 is 4.74 Å². The Morgan fingerprint density at radius 1 is 1.15 bits per heavy atom. The van der Waals surface area contributed by atoms with Crippen LogP contribution in [0.15, 0.2) is 30.5 Å². The van der Waals surface area contributed by atoms with Crippen molar-refractivity contribution < 1.29 is 32.9 Å². The molecule has 0 radical (unpaired) electrons. The molecule has 4 aromatic rings. The van der Waals surface area contributed by atoms with Crippen LogP contribution in [0.3, 0.4) is 0 Å². The van der Waals surface area contributed by atoms with Crippen LogP contribution in [0.1, 0.15) is 55.7 Å². The number of ether oxygens (including phenoxy) is 3. The van der Waals surface area contributed by atoms with Gasteiger partial charge in [-0.2, -0.15) is 5.10 Å². The van der Waals surface area contributed by atoms with Crippen molar-refractivity contribution in [3.63, 3.8) is 0 Å². The maximum atomic E-state index is 16.4. The molecule has 2 N–H and O–H groups in total. The monoisotopic (exact) mass is 539 g/mol. The van der Waals surface area contributed by atoms with Gasteiger partial charge in [0.2, 0.25) is 0 Å². The molecule has 0 bridgehead atoms. The molecule has 206 valence electrons. The Morgan fingerprint density at radius 2 is 1.90 bits per heavy atom. The number of esters is 1. The van der Waals surface area contributed by atoms with E-state index in [0.29, 0.717) is 79.4 Å². The van der Waals surface area contributed by atoms with Gasteiger partial charge < -0.3 is 23.9 Å². The summed E-state index contributed by atoms with van der Waals surface area (Å²) < 4.78 is 48.6. The van der Waals surface area contributed by atoms with Crippen molar-refractivity contribution in [3.05, 3.63) is 53.4 Å². The largest absolute Gasteiger partial charge is 0.494 e. The fraction of sp³-hybridized carbons (Fsp3) is 0.448. The summed E-state index contributed by atoms with van der Waals surface area (Å²) in [6, 6.07) is 6.34. The van der Waals surface area contributed by atoms with Crippen molar-refractivity contribution in [1.29, 1.82) is 0 Å². The number of aromatic amines is 1. The second kappa shape index (κ2) is 9.91. The van der Waals surface area contributed by atoms with E-state index in [1.165, 1.54) is 20.3 Å². The number of nitrogens with zero attached hydrogens (tertiary/aromatic N) is 2. The molecule has 0 atom stereocenters. The molecule has 1 saturated carbocycles. The standard InChI is InChI=1S/C29H31F2N3O5/c1-37-22-14-19(7-8-20(22)30)34-21-13-18-15-32-33-26(18)25(31)24(21)23(27(34)29(36)9-11-39-12-10-29)16-3-5-17(6-4-16)28(35)38-2/h7-8,13-17,36H,3-6,9-12H2,1-2H3,(H,32,33). The Bertz CT molecular complexity index is 1550. The first kappa shape index (κ1) is 25.8. The van der Waals surface area contributed by atoms with Gasteiger partial charge >= 0.3 is 5.97 Å². The fourth-order valence-corrected chi connectivity index (χ4v) is 6.47. The average Bonchev–Trinajstić information content (AvgIpc) is 3.57. The van der Waals surface area contributed by atoms with Crippen LogP contribution >= 0.6 is 0 Å². The SMILES string of the molecule is COC(=O)C1CCC(c2c(C3(O)CCOCC3)n(-c3ccc(F)c(OC)c3)c3cc4cn[nH]c4c(F)c23)CC1. The molecule has 10 heteroatoms. The van der Waals surface area contributed by atoms with E-state index in [1.54, 1.807) is 18.3 Å². The number of carbonyl (C=O) groups excluding carboxylic acids is 1. The molecule has 0 spiro atoms. The zero-order valence-corrected chi connectivity index (χ0v) is 21.9. The Labute approximate surface area is 223 Å². The van der Waals surface area contributed by atoms with E-state index in [2.05, 4.69) is 10.2 Å². The predicted molar refractivity (Wildman–Crippen MR) is 140 cm³/mol. The van der Waals surface area contributed by atoms with Crippen molar-refractivity contribution in [2.75, 3.05) is 27.4 Å². The van der Waals surface area contributed by atoms with Crippen LogP contribution in [0.4, 0.5) is 8.78 Å². The number of hydrogen-bond donors (Lipinski definition) is 2. The summed E-state index contributed by atoms with van der Waals surface area (Å²) in [5, 5.41) is 20.0. The Balaban J connectivity index is 1.66. The van der Waals surface area contributed by atoms with Gasteiger partial charge in [-0.1, -0.05) is 0 Å². The van der Waals surface area contributed by atoms with E-state index < -0.39 is 17.2 Å². The number of aliphatic hydroxyl groups is 1. The van der Waals surface area contributed by atoms with Crippen LogP contribution in [-0.2, 0) is 19.9 Å². The lowest BCUT2D eigenvalue weighted by Gasteiger charge is -2.36. The Hall–Kier alpha value is -3.50. The molecular formula is C29H31F2N3O5. The second-order valence-electron chi connectivity index (χ2n) is 10.6. The number of halogens is 2. The maximum absolute atomic E-state index is 16.4. The normalized spacial score (nSPS) is 21.4. The van der Waals surface area contributed by atoms with Crippen molar-refractivity contribution in [1.82, 2.24) is 14.8 Å². The summed E-state index contributed by atoms with van der Waals surface area (Å²) in [6.45, 7) is 0.707. The van der Waals surface area contributed by atoms with Gasteiger partial charge in [0, 0.05) is 48.6 Å². The number of nitrogens with one attached hydrogen (secondary N) is 1. The van der Waals surface area contributed by atoms with Crippen LogP contribution in [0.2, 0.25) is 0 Å². The van der Waals surface area contributed by atoms with Gasteiger partial charge in [-0.25, -0.2) is 8.78 Å². The van der Waals surface area contributed by atoms with Crippen LogP contribution in [0, 0.1) is 17.6 Å². The van der Waals surface area contributed by atoms with Gasteiger partial charge in [0.25, 0.3) is 0 Å². The van der Waals surface area contributed by atoms with Crippen LogP contribution in [0.25, 0.3) is 27.5 Å². The molecule has 1 aliphatic heterocycles. The zero-order valence-electron chi connectivity index (χ0n) is 21.9. The number of rotatable bonds is 5. The highest BCUT2D eigenvalue weighted by atomic mass is 19.1. The zero-order chi connectivity index (χ0) is 27.3.